The van der Waals surface area contributed by atoms with Crippen molar-refractivity contribution < 1.29 is 18.0 Å². The highest BCUT2D eigenvalue weighted by Gasteiger charge is 2.33. The third-order valence-corrected chi connectivity index (χ3v) is 8.90. The second-order valence-electron chi connectivity index (χ2n) is 9.62. The highest BCUT2D eigenvalue weighted by Crippen LogP contribution is 2.31. The van der Waals surface area contributed by atoms with Crippen LogP contribution < -0.4 is 9.62 Å². The molecule has 208 valence electrons. The van der Waals surface area contributed by atoms with E-state index in [0.29, 0.717) is 22.8 Å². The summed E-state index contributed by atoms with van der Waals surface area (Å²) in [5, 5.41) is 3.23. The zero-order valence-corrected chi connectivity index (χ0v) is 24.6. The lowest BCUT2D eigenvalue weighted by molar-refractivity contribution is -0.139. The maximum Gasteiger partial charge on any atom is 0.264 e. The molecule has 0 heterocycles. The van der Waals surface area contributed by atoms with Crippen LogP contribution in [0.25, 0.3) is 0 Å². The topological polar surface area (TPSA) is 86.8 Å². The molecule has 0 saturated carbocycles. The van der Waals surface area contributed by atoms with Gasteiger partial charge >= 0.3 is 0 Å². The molecule has 1 N–H and O–H groups in total. The van der Waals surface area contributed by atoms with Crippen LogP contribution in [-0.2, 0) is 26.2 Å². The number of hydrogen-bond donors (Lipinski definition) is 1. The molecule has 3 aromatic rings. The molecule has 0 aliphatic carbocycles. The van der Waals surface area contributed by atoms with E-state index in [-0.39, 0.29) is 17.3 Å². The van der Waals surface area contributed by atoms with Gasteiger partial charge in [-0.25, -0.2) is 8.42 Å². The first-order chi connectivity index (χ1) is 18.5. The predicted octanol–water partition coefficient (Wildman–Crippen LogP) is 5.40. The van der Waals surface area contributed by atoms with Crippen molar-refractivity contribution in [2.75, 3.05) is 17.4 Å². The highest BCUT2D eigenvalue weighted by molar-refractivity contribution is 7.92. The van der Waals surface area contributed by atoms with Gasteiger partial charge in [0.15, 0.2) is 0 Å². The van der Waals surface area contributed by atoms with Gasteiger partial charge in [0.05, 0.1) is 10.6 Å². The fourth-order valence-corrected chi connectivity index (χ4v) is 5.81. The fourth-order valence-electron chi connectivity index (χ4n) is 4.17. The maximum absolute atomic E-state index is 14.0. The number of sulfonamides is 1. The van der Waals surface area contributed by atoms with Gasteiger partial charge in [-0.2, -0.15) is 0 Å². The first kappa shape index (κ1) is 30.2. The number of hydrogen-bond acceptors (Lipinski definition) is 4. The molecule has 3 rings (SSSR count). The number of aryl methyl sites for hydroxylation is 2. The summed E-state index contributed by atoms with van der Waals surface area (Å²) in [5.74, 6) is -0.807. The van der Waals surface area contributed by atoms with Crippen molar-refractivity contribution in [2.45, 2.75) is 58.5 Å². The zero-order chi connectivity index (χ0) is 28.7. The summed E-state index contributed by atoms with van der Waals surface area (Å²) < 4.78 is 29.0. The minimum absolute atomic E-state index is 0.0551. The average Bonchev–Trinajstić information content (AvgIpc) is 2.91. The van der Waals surface area contributed by atoms with Gasteiger partial charge in [0.2, 0.25) is 11.8 Å². The van der Waals surface area contributed by atoms with Gasteiger partial charge in [-0.3, -0.25) is 13.9 Å². The molecule has 1 atom stereocenters. The number of amides is 2. The lowest BCUT2D eigenvalue weighted by Crippen LogP contribution is -2.51. The molecule has 9 heteroatoms. The summed E-state index contributed by atoms with van der Waals surface area (Å²) in [4.78, 5) is 28.5. The molecule has 2 amide bonds. The lowest BCUT2D eigenvalue weighted by atomic mass is 10.1. The number of nitrogens with zero attached hydrogens (tertiary/aromatic N) is 2. The Morgan fingerprint density at radius 3 is 2.26 bits per heavy atom. The van der Waals surface area contributed by atoms with E-state index in [4.69, 9.17) is 11.6 Å². The Balaban J connectivity index is 2.07. The predicted molar refractivity (Wildman–Crippen MR) is 156 cm³/mol. The molecule has 0 spiro atoms. The molecule has 3 aromatic carbocycles. The van der Waals surface area contributed by atoms with E-state index < -0.39 is 28.5 Å². The summed E-state index contributed by atoms with van der Waals surface area (Å²) in [6, 6.07) is 18.2. The van der Waals surface area contributed by atoms with Crippen LogP contribution in [0.5, 0.6) is 0 Å². The fraction of sp³-hybridized carbons (Fsp3) is 0.333. The van der Waals surface area contributed by atoms with E-state index in [1.165, 1.54) is 17.0 Å². The quantitative estimate of drug-likeness (QED) is 0.335. The van der Waals surface area contributed by atoms with Gasteiger partial charge in [-0.05, 0) is 75.1 Å². The molecule has 1 unspecified atom stereocenters. The van der Waals surface area contributed by atoms with Crippen molar-refractivity contribution in [3.05, 3.63) is 94.0 Å². The van der Waals surface area contributed by atoms with Crippen LogP contribution >= 0.6 is 11.6 Å². The monoisotopic (exact) mass is 569 g/mol. The summed E-state index contributed by atoms with van der Waals surface area (Å²) in [5.41, 5.74) is 3.57. The number of carbonyl (C=O) groups excluding carboxylic acids is 2. The molecular weight excluding hydrogens is 534 g/mol. The second kappa shape index (κ2) is 13.1. The highest BCUT2D eigenvalue weighted by atomic mass is 35.5. The van der Waals surface area contributed by atoms with Crippen molar-refractivity contribution in [3.63, 3.8) is 0 Å². The minimum atomic E-state index is -4.15. The molecule has 7 nitrogen and oxygen atoms in total. The van der Waals surface area contributed by atoms with Crippen LogP contribution in [0.2, 0.25) is 5.02 Å². The second-order valence-corrected chi connectivity index (χ2v) is 11.9. The van der Waals surface area contributed by atoms with Crippen LogP contribution in [-0.4, -0.2) is 44.3 Å². The molecule has 0 fully saturated rings. The number of carbonyl (C=O) groups is 2. The lowest BCUT2D eigenvalue weighted by Gasteiger charge is -2.32. The van der Waals surface area contributed by atoms with Crippen LogP contribution in [0.1, 0.15) is 42.5 Å². The average molecular weight is 570 g/mol. The van der Waals surface area contributed by atoms with Gasteiger partial charge < -0.3 is 10.2 Å². The third-order valence-electron chi connectivity index (χ3n) is 6.71. The normalized spacial score (nSPS) is 12.1. The molecule has 0 bridgehead atoms. The molecule has 0 saturated heterocycles. The zero-order valence-electron chi connectivity index (χ0n) is 23.1. The van der Waals surface area contributed by atoms with Crippen LogP contribution in [0.15, 0.2) is 71.6 Å². The van der Waals surface area contributed by atoms with Crippen molar-refractivity contribution >= 4 is 39.1 Å². The number of anilines is 1. The first-order valence-corrected chi connectivity index (χ1v) is 14.7. The Morgan fingerprint density at radius 2 is 1.62 bits per heavy atom. The van der Waals surface area contributed by atoms with Crippen molar-refractivity contribution in [3.8, 4) is 0 Å². The van der Waals surface area contributed by atoms with Crippen molar-refractivity contribution in [1.82, 2.24) is 10.2 Å². The van der Waals surface area contributed by atoms with Crippen molar-refractivity contribution in [1.29, 1.82) is 0 Å². The maximum atomic E-state index is 14.0. The van der Waals surface area contributed by atoms with E-state index in [9.17, 15) is 18.0 Å². The molecule has 0 radical (unpaired) electrons. The number of nitrogens with one attached hydrogen (secondary N) is 1. The summed E-state index contributed by atoms with van der Waals surface area (Å²) in [7, 11) is -4.15. The largest absolute Gasteiger partial charge is 0.354 e. The minimum Gasteiger partial charge on any atom is -0.354 e. The molecule has 0 aliphatic heterocycles. The van der Waals surface area contributed by atoms with Crippen LogP contribution in [0.4, 0.5) is 5.69 Å². The number of halogens is 1. The Kier molecular flexibility index (Phi) is 10.2. The molecule has 0 aromatic heterocycles. The summed E-state index contributed by atoms with van der Waals surface area (Å²) in [6.45, 7) is 9.24. The van der Waals surface area contributed by atoms with Crippen LogP contribution in [0.3, 0.4) is 0 Å². The number of benzene rings is 3. The summed E-state index contributed by atoms with van der Waals surface area (Å²) in [6.07, 6.45) is 0.751. The molecular formula is C30H36ClN3O4S. The Hall–Kier alpha value is -3.36. The van der Waals surface area contributed by atoms with E-state index in [1.807, 2.05) is 45.0 Å². The smallest absolute Gasteiger partial charge is 0.264 e. The van der Waals surface area contributed by atoms with Gasteiger partial charge in [-0.15, -0.1) is 0 Å². The van der Waals surface area contributed by atoms with Crippen LogP contribution in [0, 0.1) is 20.8 Å². The van der Waals surface area contributed by atoms with E-state index in [1.54, 1.807) is 44.2 Å². The summed E-state index contributed by atoms with van der Waals surface area (Å²) >= 11 is 6.37. The Bertz CT molecular complexity index is 1420. The molecule has 39 heavy (non-hydrogen) atoms. The third kappa shape index (κ3) is 7.19. The van der Waals surface area contributed by atoms with Crippen molar-refractivity contribution in [2.24, 2.45) is 0 Å². The Morgan fingerprint density at radius 1 is 0.949 bits per heavy atom. The van der Waals surface area contributed by atoms with E-state index in [2.05, 4.69) is 5.32 Å². The standard InChI is InChI=1S/C30H36ClN3O4S/c1-6-18-32-30(36)24(5)33(19-25-11-8-7-10-22(25)3)29(35)20-34(28-13-9-12-27(31)23(28)4)39(37,38)26-16-14-21(2)15-17-26/h7-17,24H,6,18-20H2,1-5H3,(H,32,36). The Labute approximate surface area is 236 Å². The van der Waals surface area contributed by atoms with Gasteiger partial charge in [0.1, 0.15) is 12.6 Å². The van der Waals surface area contributed by atoms with Gasteiger partial charge in [-0.1, -0.05) is 66.6 Å². The SMILES string of the molecule is CCCNC(=O)C(C)N(Cc1ccccc1C)C(=O)CN(c1cccc(Cl)c1C)S(=O)(=O)c1ccc(C)cc1. The van der Waals surface area contributed by atoms with E-state index in [0.717, 1.165) is 27.4 Å². The van der Waals surface area contributed by atoms with Gasteiger partial charge in [0, 0.05) is 18.1 Å². The number of rotatable bonds is 11. The molecule has 0 aliphatic rings. The first-order valence-electron chi connectivity index (χ1n) is 12.9. The van der Waals surface area contributed by atoms with E-state index >= 15 is 0 Å². The van der Waals surface area contributed by atoms with Gasteiger partial charge in [0.25, 0.3) is 10.0 Å².